The van der Waals surface area contributed by atoms with Crippen LogP contribution in [0.25, 0.3) is 22.5 Å². The first-order chi connectivity index (χ1) is 16.0. The lowest BCUT2D eigenvalue weighted by atomic mass is 10.2. The van der Waals surface area contributed by atoms with Gasteiger partial charge >= 0.3 is 0 Å². The Bertz CT molecular complexity index is 1360. The van der Waals surface area contributed by atoms with Crippen LogP contribution in [0.15, 0.2) is 58.0 Å². The van der Waals surface area contributed by atoms with E-state index in [1.165, 1.54) is 27.5 Å². The van der Waals surface area contributed by atoms with Crippen LogP contribution in [0.1, 0.15) is 5.69 Å². The van der Waals surface area contributed by atoms with Gasteiger partial charge in [-0.05, 0) is 47.7 Å². The second-order valence-corrected chi connectivity index (χ2v) is 9.21. The molecule has 0 radical (unpaired) electrons. The van der Waals surface area contributed by atoms with Crippen molar-refractivity contribution in [2.24, 2.45) is 0 Å². The molecule has 0 saturated carbocycles. The highest BCUT2D eigenvalue weighted by atomic mass is 32.2. The quantitative estimate of drug-likeness (QED) is 0.397. The molecule has 4 aromatic rings. The lowest BCUT2D eigenvalue weighted by Gasteiger charge is -2.26. The van der Waals surface area contributed by atoms with Crippen molar-refractivity contribution in [2.45, 2.75) is 11.5 Å². The van der Waals surface area contributed by atoms with Gasteiger partial charge in [-0.3, -0.25) is 0 Å². The third-order valence-corrected chi connectivity index (χ3v) is 7.11. The molecule has 1 fully saturated rings. The molecular weight excluding hydrogens is 450 g/mol. The van der Waals surface area contributed by atoms with Gasteiger partial charge in [-0.15, -0.1) is 5.10 Å². The van der Waals surface area contributed by atoms with Crippen LogP contribution in [0, 0.1) is 0 Å². The monoisotopic (exact) mass is 471 g/mol. The molecule has 0 spiro atoms. The zero-order chi connectivity index (χ0) is 22.8. The summed E-state index contributed by atoms with van der Waals surface area (Å²) in [4.78, 5) is 11.5. The van der Waals surface area contributed by atoms with E-state index in [4.69, 9.17) is 18.7 Å². The van der Waals surface area contributed by atoms with Gasteiger partial charge in [0.2, 0.25) is 15.9 Å². The number of methoxy groups -OCH3 is 1. The maximum Gasteiger partial charge on any atom is 0.243 e. The Morgan fingerprint density at radius 3 is 2.64 bits per heavy atom. The van der Waals surface area contributed by atoms with Gasteiger partial charge in [-0.2, -0.15) is 4.31 Å². The number of nitrogens with zero attached hydrogens (tertiary/aromatic N) is 5. The Labute approximate surface area is 189 Å². The van der Waals surface area contributed by atoms with Gasteiger partial charge in [0, 0.05) is 18.7 Å². The Hall–Kier alpha value is -3.48. The van der Waals surface area contributed by atoms with Crippen LogP contribution >= 0.6 is 0 Å². The molecule has 5 rings (SSSR count). The Morgan fingerprint density at radius 2 is 1.88 bits per heavy atom. The van der Waals surface area contributed by atoms with Crippen molar-refractivity contribution in [1.29, 1.82) is 0 Å². The average Bonchev–Trinajstić information content (AvgIpc) is 3.50. The van der Waals surface area contributed by atoms with Crippen molar-refractivity contribution in [3.05, 3.63) is 54.4 Å². The molecule has 11 nitrogen and oxygen atoms in total. The largest absolute Gasteiger partial charge is 0.497 e. The summed E-state index contributed by atoms with van der Waals surface area (Å²) in [6.45, 7) is 1.44. The first-order valence-electron chi connectivity index (χ1n) is 10.2. The molecule has 1 aliphatic heterocycles. The summed E-state index contributed by atoms with van der Waals surface area (Å²) < 4.78 is 43.3. The van der Waals surface area contributed by atoms with Crippen molar-refractivity contribution in [3.8, 4) is 17.2 Å². The molecule has 2 aromatic heterocycles. The number of fused-ring (bicyclic) bond motifs is 1. The fourth-order valence-corrected chi connectivity index (χ4v) is 4.87. The van der Waals surface area contributed by atoms with Crippen LogP contribution in [0.2, 0.25) is 0 Å². The highest BCUT2D eigenvalue weighted by molar-refractivity contribution is 7.89. The van der Waals surface area contributed by atoms with Crippen molar-refractivity contribution >= 4 is 21.1 Å². The molecule has 12 heteroatoms. The maximum absolute atomic E-state index is 13.0. The zero-order valence-corrected chi connectivity index (χ0v) is 18.6. The second-order valence-electron chi connectivity index (χ2n) is 7.28. The smallest absolute Gasteiger partial charge is 0.243 e. The number of oxazole rings is 1. The molecule has 0 N–H and O–H groups in total. The highest BCUT2D eigenvalue weighted by Crippen LogP contribution is 2.23. The predicted molar refractivity (Wildman–Crippen MR) is 116 cm³/mol. The van der Waals surface area contributed by atoms with Crippen molar-refractivity contribution in [1.82, 2.24) is 24.4 Å². The van der Waals surface area contributed by atoms with E-state index in [-0.39, 0.29) is 11.5 Å². The minimum Gasteiger partial charge on any atom is -0.497 e. The molecule has 1 aliphatic rings. The van der Waals surface area contributed by atoms with Crippen LogP contribution < -0.4 is 9.57 Å². The van der Waals surface area contributed by atoms with Gasteiger partial charge in [0.25, 0.3) is 0 Å². The van der Waals surface area contributed by atoms with Crippen molar-refractivity contribution in [3.63, 3.8) is 0 Å². The van der Waals surface area contributed by atoms with E-state index in [0.717, 1.165) is 11.3 Å². The molecular formula is C21H21N5O6S. The van der Waals surface area contributed by atoms with Crippen molar-refractivity contribution in [2.75, 3.05) is 33.4 Å². The van der Waals surface area contributed by atoms with E-state index >= 15 is 0 Å². The SMILES string of the molecule is COc1ccc(-c2nc(COn3nnc4ccc(S(=O)(=O)N5CCOCC5)cc43)co2)cc1. The molecule has 33 heavy (non-hydrogen) atoms. The molecule has 1 saturated heterocycles. The van der Waals surface area contributed by atoms with Crippen LogP contribution in [0.4, 0.5) is 0 Å². The summed E-state index contributed by atoms with van der Waals surface area (Å²) in [7, 11) is -2.05. The summed E-state index contributed by atoms with van der Waals surface area (Å²) in [6, 6.07) is 12.0. The number of hydrogen-bond donors (Lipinski definition) is 0. The topological polar surface area (TPSA) is 122 Å². The normalized spacial score (nSPS) is 15.1. The highest BCUT2D eigenvalue weighted by Gasteiger charge is 2.27. The molecule has 0 atom stereocenters. The third-order valence-electron chi connectivity index (χ3n) is 5.22. The molecule has 2 aromatic carbocycles. The number of hydrogen-bond acceptors (Lipinski definition) is 9. The van der Waals surface area contributed by atoms with Crippen LogP contribution in [-0.2, 0) is 21.4 Å². The lowest BCUT2D eigenvalue weighted by molar-refractivity contribution is 0.0725. The first-order valence-corrected chi connectivity index (χ1v) is 11.6. The molecule has 0 amide bonds. The van der Waals surface area contributed by atoms with E-state index in [1.54, 1.807) is 13.2 Å². The second kappa shape index (κ2) is 8.81. The van der Waals surface area contributed by atoms with E-state index in [9.17, 15) is 8.42 Å². The van der Waals surface area contributed by atoms with Gasteiger partial charge in [0.1, 0.15) is 28.7 Å². The summed E-state index contributed by atoms with van der Waals surface area (Å²) >= 11 is 0. The minimum absolute atomic E-state index is 0.0541. The molecule has 0 unspecified atom stereocenters. The predicted octanol–water partition coefficient (Wildman–Crippen LogP) is 1.74. The Morgan fingerprint density at radius 1 is 1.09 bits per heavy atom. The minimum atomic E-state index is -3.66. The molecule has 0 bridgehead atoms. The third kappa shape index (κ3) is 4.27. The van der Waals surface area contributed by atoms with Crippen molar-refractivity contribution < 1.29 is 27.1 Å². The van der Waals surface area contributed by atoms with Crippen LogP contribution in [-0.4, -0.2) is 66.3 Å². The van der Waals surface area contributed by atoms with Crippen LogP contribution in [0.3, 0.4) is 0 Å². The maximum atomic E-state index is 13.0. The molecule has 3 heterocycles. The fraction of sp³-hybridized carbons (Fsp3) is 0.286. The summed E-state index contributed by atoms with van der Waals surface area (Å²) in [6.07, 6.45) is 1.49. The Balaban J connectivity index is 1.33. The molecule has 172 valence electrons. The Kier molecular flexibility index (Phi) is 5.70. The number of benzene rings is 2. The van der Waals surface area contributed by atoms with E-state index in [1.807, 2.05) is 24.3 Å². The number of sulfonamides is 1. The number of aromatic nitrogens is 4. The van der Waals surface area contributed by atoms with Gasteiger partial charge in [0.15, 0.2) is 6.61 Å². The van der Waals surface area contributed by atoms with E-state index < -0.39 is 10.0 Å². The average molecular weight is 471 g/mol. The zero-order valence-electron chi connectivity index (χ0n) is 17.7. The van der Waals surface area contributed by atoms with E-state index in [2.05, 4.69) is 15.3 Å². The fourth-order valence-electron chi connectivity index (χ4n) is 3.44. The summed E-state index contributed by atoms with van der Waals surface area (Å²) in [5.41, 5.74) is 2.28. The summed E-state index contributed by atoms with van der Waals surface area (Å²) in [5.74, 6) is 1.18. The van der Waals surface area contributed by atoms with Gasteiger partial charge in [-0.25, -0.2) is 13.4 Å². The standard InChI is InChI=1S/C21H21N5O6S/c1-29-17-4-2-15(3-5-17)21-22-16(13-31-21)14-32-26-20-12-18(6-7-19(20)23-24-26)33(27,28)25-8-10-30-11-9-25/h2-7,12-13H,8-11,14H2,1H3. The molecule has 0 aliphatic carbocycles. The number of ether oxygens (including phenoxy) is 2. The number of morpholine rings is 1. The van der Waals surface area contributed by atoms with Gasteiger partial charge in [-0.1, -0.05) is 4.85 Å². The van der Waals surface area contributed by atoms with Gasteiger partial charge in [0.05, 0.1) is 25.2 Å². The van der Waals surface area contributed by atoms with Crippen LogP contribution in [0.5, 0.6) is 5.75 Å². The van der Waals surface area contributed by atoms with E-state index in [0.29, 0.717) is 48.9 Å². The lowest BCUT2D eigenvalue weighted by Crippen LogP contribution is -2.40. The first kappa shape index (κ1) is 21.4. The number of rotatable bonds is 7. The van der Waals surface area contributed by atoms with Gasteiger partial charge < -0.3 is 18.7 Å². The summed E-state index contributed by atoms with van der Waals surface area (Å²) in [5, 5.41) is 8.01.